The molecule has 1 saturated carbocycles. The average molecular weight is 446 g/mol. The van der Waals surface area contributed by atoms with Crippen molar-refractivity contribution in [3.05, 3.63) is 29.0 Å². The molecule has 1 fully saturated rings. The molecule has 1 N–H and O–H groups in total. The Hall–Kier alpha value is -1.98. The monoisotopic (exact) mass is 445 g/mol. The number of hydrogen-bond donors (Lipinski definition) is 1. The predicted octanol–water partition coefficient (Wildman–Crippen LogP) is 4.64. The van der Waals surface area contributed by atoms with Crippen molar-refractivity contribution in [2.24, 2.45) is 5.92 Å². The third-order valence-electron chi connectivity index (χ3n) is 6.13. The normalized spacial score (nSPS) is 19.7. The lowest BCUT2D eigenvalue weighted by Gasteiger charge is -2.29. The summed E-state index contributed by atoms with van der Waals surface area (Å²) in [4.78, 5) is 32.2. The lowest BCUT2D eigenvalue weighted by atomic mass is 10.0. The molecule has 0 radical (unpaired) electrons. The van der Waals surface area contributed by atoms with Gasteiger partial charge in [-0.15, -0.1) is 0 Å². The van der Waals surface area contributed by atoms with Crippen molar-refractivity contribution in [3.63, 3.8) is 0 Å². The van der Waals surface area contributed by atoms with Gasteiger partial charge in [0.15, 0.2) is 5.13 Å². The van der Waals surface area contributed by atoms with Crippen LogP contribution >= 0.6 is 18.5 Å². The maximum Gasteiger partial charge on any atom is 0.255 e. The number of nitrogens with zero attached hydrogens (tertiary/aromatic N) is 2. The van der Waals surface area contributed by atoms with Crippen LogP contribution in [0.1, 0.15) is 61.3 Å². The van der Waals surface area contributed by atoms with Crippen molar-refractivity contribution in [2.75, 3.05) is 18.6 Å². The van der Waals surface area contributed by atoms with Gasteiger partial charge in [-0.1, -0.05) is 11.3 Å². The van der Waals surface area contributed by atoms with E-state index in [9.17, 15) is 14.2 Å². The summed E-state index contributed by atoms with van der Waals surface area (Å²) < 4.78 is 13.2. The van der Waals surface area contributed by atoms with Gasteiger partial charge in [0.25, 0.3) is 5.91 Å². The molecule has 2 aromatic rings. The van der Waals surface area contributed by atoms with E-state index in [1.807, 2.05) is 17.9 Å². The van der Waals surface area contributed by atoms with E-state index in [4.69, 9.17) is 0 Å². The minimum absolute atomic E-state index is 0.00216. The fourth-order valence-corrected chi connectivity index (χ4v) is 6.65. The summed E-state index contributed by atoms with van der Waals surface area (Å²) in [7, 11) is -2.70. The van der Waals surface area contributed by atoms with E-state index in [-0.39, 0.29) is 23.9 Å². The lowest BCUT2D eigenvalue weighted by Crippen LogP contribution is -2.37. The van der Waals surface area contributed by atoms with Crippen molar-refractivity contribution in [3.8, 4) is 10.4 Å². The molecule has 2 aliphatic rings. The Morgan fingerprint density at radius 3 is 2.57 bits per heavy atom. The molecule has 2 heterocycles. The molecule has 160 valence electrons. The van der Waals surface area contributed by atoms with E-state index >= 15 is 0 Å². The number of amides is 2. The lowest BCUT2D eigenvalue weighted by molar-refractivity contribution is -0.114. The van der Waals surface area contributed by atoms with Crippen molar-refractivity contribution in [2.45, 2.75) is 52.6 Å². The second-order valence-corrected chi connectivity index (χ2v) is 13.1. The van der Waals surface area contributed by atoms with Gasteiger partial charge < -0.3 is 14.8 Å². The first-order chi connectivity index (χ1) is 14.0. The van der Waals surface area contributed by atoms with Crippen LogP contribution in [0.5, 0.6) is 0 Å². The number of hydrogen-bond acceptors (Lipinski definition) is 5. The minimum Gasteiger partial charge on any atom is -0.329 e. The molecular weight excluding hydrogens is 417 g/mol. The van der Waals surface area contributed by atoms with Crippen LogP contribution in [-0.2, 0) is 9.36 Å². The quantitative estimate of drug-likeness (QED) is 0.680. The summed E-state index contributed by atoms with van der Waals surface area (Å²) in [5.74, 6) is 0.399. The Kier molecular flexibility index (Phi) is 5.18. The first kappa shape index (κ1) is 21.3. The summed E-state index contributed by atoms with van der Waals surface area (Å²) in [6, 6.07) is 4.07. The number of thiazole rings is 1. The molecule has 4 rings (SSSR count). The van der Waals surface area contributed by atoms with Crippen LogP contribution in [0, 0.1) is 12.8 Å². The van der Waals surface area contributed by atoms with Gasteiger partial charge in [-0.2, -0.15) is 0 Å². The molecule has 30 heavy (non-hydrogen) atoms. The first-order valence-corrected chi connectivity index (χ1v) is 13.7. The van der Waals surface area contributed by atoms with E-state index < -0.39 is 7.14 Å². The zero-order chi connectivity index (χ0) is 22.0. The molecule has 1 aromatic carbocycles. The van der Waals surface area contributed by atoms with Gasteiger partial charge >= 0.3 is 0 Å². The second-order valence-electron chi connectivity index (χ2n) is 8.89. The number of fused-ring (bicyclic) bond motifs is 1. The SMILES string of the molecule is CC(=O)Nc1nc(C)c(-c2cc3c(c(P(C)(C)=O)c2)C(=O)N([C@@H](C)C2CC2)[C@@H]3C)s1. The summed E-state index contributed by atoms with van der Waals surface area (Å²) in [5.41, 5.74) is 3.27. The van der Waals surface area contributed by atoms with Crippen LogP contribution in [0.25, 0.3) is 10.4 Å². The van der Waals surface area contributed by atoms with Crippen molar-refractivity contribution in [1.82, 2.24) is 9.88 Å². The number of nitrogens with one attached hydrogen (secondary N) is 1. The Labute approximate surface area is 181 Å². The topological polar surface area (TPSA) is 79.4 Å². The third-order valence-corrected chi connectivity index (χ3v) is 8.76. The zero-order valence-electron chi connectivity index (χ0n) is 18.3. The van der Waals surface area contributed by atoms with Gasteiger partial charge in [0, 0.05) is 18.3 Å². The van der Waals surface area contributed by atoms with Crippen LogP contribution in [0.3, 0.4) is 0 Å². The van der Waals surface area contributed by atoms with Gasteiger partial charge in [0.1, 0.15) is 7.14 Å². The molecule has 0 spiro atoms. The number of aryl methyl sites for hydroxylation is 1. The molecule has 2 atom stereocenters. The van der Waals surface area contributed by atoms with Crippen LogP contribution < -0.4 is 10.6 Å². The number of anilines is 1. The largest absolute Gasteiger partial charge is 0.329 e. The maximum absolute atomic E-state index is 13.4. The highest BCUT2D eigenvalue weighted by Crippen LogP contribution is 2.47. The molecule has 8 heteroatoms. The zero-order valence-corrected chi connectivity index (χ0v) is 20.0. The highest BCUT2D eigenvalue weighted by atomic mass is 32.1. The van der Waals surface area contributed by atoms with E-state index in [2.05, 4.69) is 30.2 Å². The summed E-state index contributed by atoms with van der Waals surface area (Å²) in [6.45, 7) is 11.0. The van der Waals surface area contributed by atoms with Crippen molar-refractivity contribution < 1.29 is 14.2 Å². The van der Waals surface area contributed by atoms with E-state index in [0.29, 0.717) is 21.9 Å². The number of benzene rings is 1. The Morgan fingerprint density at radius 1 is 1.33 bits per heavy atom. The van der Waals surface area contributed by atoms with E-state index in [0.717, 1.165) is 34.5 Å². The summed E-state index contributed by atoms with van der Waals surface area (Å²) in [6.07, 6.45) is 2.33. The maximum atomic E-state index is 13.4. The highest BCUT2D eigenvalue weighted by Gasteiger charge is 2.44. The van der Waals surface area contributed by atoms with E-state index in [1.54, 1.807) is 13.3 Å². The van der Waals surface area contributed by atoms with Crippen LogP contribution in [0.15, 0.2) is 12.1 Å². The standard InChI is InChI=1S/C22H28N3O3PS/c1-11-20(30-22(23-11)24-14(4)26)16-9-17-13(3)25(12(2)15-7-8-15)21(27)19(17)18(10-16)29(5,6)28/h9-10,12-13,15H,7-8H2,1-6H3,(H,23,24,26)/t12-,13+/m0/s1. The Bertz CT molecular complexity index is 1100. The van der Waals surface area contributed by atoms with Crippen LogP contribution in [-0.4, -0.2) is 41.1 Å². The Balaban J connectivity index is 1.86. The molecular formula is C22H28N3O3PS. The van der Waals surface area contributed by atoms with E-state index in [1.165, 1.54) is 18.3 Å². The van der Waals surface area contributed by atoms with Gasteiger partial charge in [0.2, 0.25) is 5.91 Å². The molecule has 1 aromatic heterocycles. The molecule has 0 saturated heterocycles. The number of carbonyl (C=O) groups is 2. The molecule has 1 aliphatic heterocycles. The molecule has 2 amide bonds. The summed E-state index contributed by atoms with van der Waals surface area (Å²) in [5, 5.41) is 3.93. The van der Waals surface area contributed by atoms with Gasteiger partial charge in [-0.3, -0.25) is 9.59 Å². The fraction of sp³-hybridized carbons (Fsp3) is 0.500. The molecule has 6 nitrogen and oxygen atoms in total. The fourth-order valence-electron chi connectivity index (χ4n) is 4.43. The smallest absolute Gasteiger partial charge is 0.255 e. The third kappa shape index (κ3) is 3.63. The summed E-state index contributed by atoms with van der Waals surface area (Å²) >= 11 is 1.40. The number of aromatic nitrogens is 1. The van der Waals surface area contributed by atoms with Crippen LogP contribution in [0.4, 0.5) is 5.13 Å². The van der Waals surface area contributed by atoms with Gasteiger partial charge in [0.05, 0.1) is 22.2 Å². The predicted molar refractivity (Wildman–Crippen MR) is 122 cm³/mol. The van der Waals surface area contributed by atoms with Crippen molar-refractivity contribution >= 4 is 40.7 Å². The molecule has 0 unspecified atom stereocenters. The molecule has 0 bridgehead atoms. The van der Waals surface area contributed by atoms with Crippen LogP contribution in [0.2, 0.25) is 0 Å². The van der Waals surface area contributed by atoms with Gasteiger partial charge in [-0.25, -0.2) is 4.98 Å². The second kappa shape index (κ2) is 7.31. The number of carbonyl (C=O) groups excluding carboxylic acids is 2. The average Bonchev–Trinajstić information content (AvgIpc) is 3.38. The van der Waals surface area contributed by atoms with Gasteiger partial charge in [-0.05, 0) is 76.1 Å². The first-order valence-electron chi connectivity index (χ1n) is 10.3. The van der Waals surface area contributed by atoms with Crippen molar-refractivity contribution in [1.29, 1.82) is 0 Å². The Morgan fingerprint density at radius 2 is 2.00 bits per heavy atom. The highest BCUT2D eigenvalue weighted by molar-refractivity contribution is 7.70. The minimum atomic E-state index is -2.70. The number of rotatable bonds is 5. The molecule has 1 aliphatic carbocycles.